The fraction of sp³-hybridized carbons (Fsp3) is 0.355. The van der Waals surface area contributed by atoms with Crippen LogP contribution in [-0.4, -0.2) is 92.7 Å². The van der Waals surface area contributed by atoms with E-state index in [4.69, 9.17) is 19.2 Å². The van der Waals surface area contributed by atoms with Gasteiger partial charge in [-0.3, -0.25) is 14.1 Å². The topological polar surface area (TPSA) is 92.6 Å². The molecule has 216 valence electrons. The molecule has 0 radical (unpaired) electrons. The number of piperazine rings is 1. The van der Waals surface area contributed by atoms with E-state index in [-0.39, 0.29) is 5.91 Å². The molecule has 0 bridgehead atoms. The van der Waals surface area contributed by atoms with Crippen LogP contribution < -0.4 is 24.8 Å². The summed E-state index contributed by atoms with van der Waals surface area (Å²) in [7, 11) is 6.93. The first-order chi connectivity index (χ1) is 20.0. The number of benzene rings is 2. The highest BCUT2D eigenvalue weighted by atomic mass is 16.5. The number of hydrogen-bond donors (Lipinski definition) is 2. The highest BCUT2D eigenvalue weighted by Crippen LogP contribution is 2.38. The summed E-state index contributed by atoms with van der Waals surface area (Å²) in [5.74, 6) is 2.36. The number of likely N-dealkylation sites (N-methyl/N-ethyl adjacent to an activating group) is 1. The Hall–Kier alpha value is -4.28. The zero-order valence-electron chi connectivity index (χ0n) is 24.1. The Morgan fingerprint density at radius 1 is 0.927 bits per heavy atom. The Morgan fingerprint density at radius 2 is 1.63 bits per heavy atom. The van der Waals surface area contributed by atoms with Crippen LogP contribution in [0.3, 0.4) is 0 Å². The first-order valence-corrected chi connectivity index (χ1v) is 13.8. The van der Waals surface area contributed by atoms with Gasteiger partial charge in [0, 0.05) is 57.6 Å². The van der Waals surface area contributed by atoms with Crippen molar-refractivity contribution in [3.05, 3.63) is 71.9 Å². The Labute approximate surface area is 240 Å². The van der Waals surface area contributed by atoms with Crippen LogP contribution in [0.5, 0.6) is 17.2 Å². The summed E-state index contributed by atoms with van der Waals surface area (Å²) in [5.41, 5.74) is 3.77. The Morgan fingerprint density at radius 3 is 2.29 bits per heavy atom. The molecule has 41 heavy (non-hydrogen) atoms. The second-order valence-corrected chi connectivity index (χ2v) is 10.1. The number of anilines is 1. The zero-order valence-corrected chi connectivity index (χ0v) is 24.1. The van der Waals surface area contributed by atoms with Gasteiger partial charge in [0.25, 0.3) is 5.91 Å². The van der Waals surface area contributed by atoms with E-state index in [1.807, 2.05) is 65.2 Å². The summed E-state index contributed by atoms with van der Waals surface area (Å²) in [6, 6.07) is 17.5. The van der Waals surface area contributed by atoms with Crippen molar-refractivity contribution < 1.29 is 19.0 Å². The molecule has 1 amide bonds. The lowest BCUT2D eigenvalue weighted by molar-refractivity contribution is 0.0942. The molecule has 5 rings (SSSR count). The standard InChI is InChI=1S/C31H38N6O4/c1-35-15-17-36(18-16-35)14-12-32-31(38)24-11-8-13-37-29(24)34-27(23-9-6-5-7-10-23)30(37)33-21-22-19-25(39-2)28(41-4)26(20-22)40-3/h5-11,13,19-20,33H,12,14-18,21H2,1-4H3,(H,32,38). The summed E-state index contributed by atoms with van der Waals surface area (Å²) in [6.07, 6.45) is 1.92. The average Bonchev–Trinajstić information content (AvgIpc) is 3.39. The Kier molecular flexibility index (Phi) is 8.91. The van der Waals surface area contributed by atoms with Crippen LogP contribution in [0.1, 0.15) is 15.9 Å². The fourth-order valence-corrected chi connectivity index (χ4v) is 5.13. The summed E-state index contributed by atoms with van der Waals surface area (Å²) in [6.45, 7) is 6.01. The quantitative estimate of drug-likeness (QED) is 0.289. The Balaban J connectivity index is 1.42. The normalized spacial score (nSPS) is 14.1. The minimum absolute atomic E-state index is 0.134. The van der Waals surface area contributed by atoms with Crippen LogP contribution in [0, 0.1) is 0 Å². The van der Waals surface area contributed by atoms with Gasteiger partial charge in [0.1, 0.15) is 11.5 Å². The van der Waals surface area contributed by atoms with Gasteiger partial charge in [-0.05, 0) is 36.9 Å². The highest BCUT2D eigenvalue weighted by molar-refractivity contribution is 6.00. The maximum atomic E-state index is 13.3. The summed E-state index contributed by atoms with van der Waals surface area (Å²) < 4.78 is 18.5. The molecule has 0 spiro atoms. The molecule has 2 aromatic heterocycles. The van der Waals surface area contributed by atoms with E-state index < -0.39 is 0 Å². The van der Waals surface area contributed by atoms with Gasteiger partial charge in [-0.2, -0.15) is 0 Å². The summed E-state index contributed by atoms with van der Waals surface area (Å²) in [5, 5.41) is 6.66. The van der Waals surface area contributed by atoms with Gasteiger partial charge in [0.05, 0.1) is 26.9 Å². The first kappa shape index (κ1) is 28.3. The maximum Gasteiger partial charge on any atom is 0.255 e. The van der Waals surface area contributed by atoms with E-state index >= 15 is 0 Å². The van der Waals surface area contributed by atoms with Crippen LogP contribution in [0.15, 0.2) is 60.8 Å². The molecule has 3 heterocycles. The predicted molar refractivity (Wildman–Crippen MR) is 160 cm³/mol. The van der Waals surface area contributed by atoms with Gasteiger partial charge in [0.15, 0.2) is 17.1 Å². The van der Waals surface area contributed by atoms with Crippen LogP contribution >= 0.6 is 0 Å². The average molecular weight is 559 g/mol. The van der Waals surface area contributed by atoms with Crippen molar-refractivity contribution in [1.29, 1.82) is 0 Å². The largest absolute Gasteiger partial charge is 0.493 e. The van der Waals surface area contributed by atoms with Gasteiger partial charge < -0.3 is 29.7 Å². The number of methoxy groups -OCH3 is 3. The first-order valence-electron chi connectivity index (χ1n) is 13.8. The number of fused-ring (bicyclic) bond motifs is 1. The molecule has 10 heteroatoms. The Bertz CT molecular complexity index is 1460. The SMILES string of the molecule is COc1cc(CNc2c(-c3ccccc3)nc3c(C(=O)NCCN4CCN(C)CC4)cccn23)cc(OC)c1OC. The number of rotatable bonds is 11. The molecular weight excluding hydrogens is 520 g/mol. The predicted octanol–water partition coefficient (Wildman–Crippen LogP) is 3.62. The number of hydrogen-bond acceptors (Lipinski definition) is 8. The van der Waals surface area contributed by atoms with Crippen LogP contribution in [-0.2, 0) is 6.54 Å². The monoisotopic (exact) mass is 558 g/mol. The lowest BCUT2D eigenvalue weighted by Gasteiger charge is -2.32. The van der Waals surface area contributed by atoms with Gasteiger partial charge in [0.2, 0.25) is 5.75 Å². The van der Waals surface area contributed by atoms with Crippen molar-refractivity contribution in [3.63, 3.8) is 0 Å². The molecule has 0 saturated carbocycles. The van der Waals surface area contributed by atoms with E-state index in [9.17, 15) is 4.79 Å². The molecule has 1 aliphatic heterocycles. The molecule has 0 aliphatic carbocycles. The zero-order chi connectivity index (χ0) is 28.8. The van der Waals surface area contributed by atoms with Gasteiger partial charge in [-0.1, -0.05) is 30.3 Å². The summed E-state index contributed by atoms with van der Waals surface area (Å²) >= 11 is 0. The third-order valence-electron chi connectivity index (χ3n) is 7.44. The van der Waals surface area contributed by atoms with Crippen LogP contribution in [0.25, 0.3) is 16.9 Å². The minimum Gasteiger partial charge on any atom is -0.493 e. The molecule has 1 saturated heterocycles. The molecule has 0 unspecified atom stereocenters. The molecule has 10 nitrogen and oxygen atoms in total. The molecule has 1 fully saturated rings. The molecular formula is C31H38N6O4. The van der Waals surface area contributed by atoms with Gasteiger partial charge >= 0.3 is 0 Å². The highest BCUT2D eigenvalue weighted by Gasteiger charge is 2.21. The van der Waals surface area contributed by atoms with Crippen LogP contribution in [0.2, 0.25) is 0 Å². The fourth-order valence-electron chi connectivity index (χ4n) is 5.13. The maximum absolute atomic E-state index is 13.3. The molecule has 2 N–H and O–H groups in total. The van der Waals surface area contributed by atoms with Crippen molar-refractivity contribution in [2.75, 3.05) is 73.0 Å². The van der Waals surface area contributed by atoms with Crippen molar-refractivity contribution >= 4 is 17.4 Å². The lowest BCUT2D eigenvalue weighted by atomic mass is 10.1. The number of carbonyl (C=O) groups excluding carboxylic acids is 1. The second kappa shape index (κ2) is 12.9. The van der Waals surface area contributed by atoms with E-state index in [0.29, 0.717) is 41.5 Å². The van der Waals surface area contributed by atoms with E-state index in [2.05, 4.69) is 27.5 Å². The summed E-state index contributed by atoms with van der Waals surface area (Å²) in [4.78, 5) is 23.0. The molecule has 2 aromatic carbocycles. The third kappa shape index (κ3) is 6.23. The third-order valence-corrected chi connectivity index (χ3v) is 7.44. The van der Waals surface area contributed by atoms with Gasteiger partial charge in [-0.25, -0.2) is 4.98 Å². The van der Waals surface area contributed by atoms with Crippen molar-refractivity contribution in [1.82, 2.24) is 24.5 Å². The number of aromatic nitrogens is 2. The number of pyridine rings is 1. The van der Waals surface area contributed by atoms with Crippen LogP contribution in [0.4, 0.5) is 5.82 Å². The molecule has 0 atom stereocenters. The number of ether oxygens (including phenoxy) is 3. The second-order valence-electron chi connectivity index (χ2n) is 10.1. The molecule has 4 aromatic rings. The smallest absolute Gasteiger partial charge is 0.255 e. The van der Waals surface area contributed by atoms with E-state index in [1.54, 1.807) is 21.3 Å². The number of nitrogens with zero attached hydrogens (tertiary/aromatic N) is 4. The number of imidazole rings is 1. The number of carbonyl (C=O) groups is 1. The minimum atomic E-state index is -0.134. The van der Waals surface area contributed by atoms with E-state index in [0.717, 1.165) is 55.4 Å². The number of nitrogens with one attached hydrogen (secondary N) is 2. The van der Waals surface area contributed by atoms with Crippen molar-refractivity contribution in [2.24, 2.45) is 0 Å². The number of amides is 1. The van der Waals surface area contributed by atoms with Gasteiger partial charge in [-0.15, -0.1) is 0 Å². The van der Waals surface area contributed by atoms with Crippen molar-refractivity contribution in [3.8, 4) is 28.5 Å². The molecule has 1 aliphatic rings. The lowest BCUT2D eigenvalue weighted by Crippen LogP contribution is -2.46. The van der Waals surface area contributed by atoms with E-state index in [1.165, 1.54) is 0 Å². The van der Waals surface area contributed by atoms with Crippen molar-refractivity contribution in [2.45, 2.75) is 6.54 Å².